The first-order valence-corrected chi connectivity index (χ1v) is 42.3. The summed E-state index contributed by atoms with van der Waals surface area (Å²) in [7, 11) is -10.0. The van der Waals surface area contributed by atoms with Gasteiger partial charge in [-0.25, -0.2) is 9.13 Å². The lowest BCUT2D eigenvalue weighted by Crippen LogP contribution is -2.30. The predicted octanol–water partition coefficient (Wildman–Crippen LogP) is 23.1. The Bertz CT molecular complexity index is 2830. The molecule has 0 amide bonds. The van der Waals surface area contributed by atoms with E-state index in [4.69, 9.17) is 37.0 Å². The Labute approximate surface area is 639 Å². The van der Waals surface area contributed by atoms with Gasteiger partial charge in [-0.3, -0.25) is 37.3 Å². The van der Waals surface area contributed by atoms with Gasteiger partial charge in [-0.05, 0) is 167 Å². The molecule has 17 nitrogen and oxygen atoms in total. The molecule has 0 heterocycles. The van der Waals surface area contributed by atoms with Crippen molar-refractivity contribution in [3.8, 4) is 0 Å². The molecule has 0 aromatic rings. The molecule has 0 aliphatic rings. The van der Waals surface area contributed by atoms with Crippen LogP contribution in [0.1, 0.15) is 259 Å². The Balaban J connectivity index is 5.54. The van der Waals surface area contributed by atoms with Crippen molar-refractivity contribution in [3.63, 3.8) is 0 Å². The second-order valence-electron chi connectivity index (χ2n) is 25.1. The zero-order valence-electron chi connectivity index (χ0n) is 65.0. The molecule has 0 fully saturated rings. The molecule has 3 N–H and O–H groups in total. The van der Waals surface area contributed by atoms with E-state index in [1.165, 1.54) is 0 Å². The van der Waals surface area contributed by atoms with Crippen molar-refractivity contribution in [2.24, 2.45) is 0 Å². The van der Waals surface area contributed by atoms with Crippen molar-refractivity contribution < 1.29 is 80.2 Å². The lowest BCUT2D eigenvalue weighted by atomic mass is 10.1. The van der Waals surface area contributed by atoms with Gasteiger partial charge < -0.3 is 33.8 Å². The van der Waals surface area contributed by atoms with E-state index >= 15 is 0 Å². The smallest absolute Gasteiger partial charge is 0.462 e. The molecule has 0 rings (SSSR count). The van der Waals surface area contributed by atoms with Crippen LogP contribution in [0, 0.1) is 0 Å². The number of aliphatic hydroxyl groups excluding tert-OH is 1. The first-order valence-electron chi connectivity index (χ1n) is 39.3. The van der Waals surface area contributed by atoms with Gasteiger partial charge in [0.05, 0.1) is 26.4 Å². The maximum Gasteiger partial charge on any atom is 0.472 e. The number of phosphoric ester groups is 2. The summed E-state index contributed by atoms with van der Waals surface area (Å²) in [5, 5.41) is 10.6. The lowest BCUT2D eigenvalue weighted by molar-refractivity contribution is -0.161. The molecule has 0 aliphatic carbocycles. The summed E-state index contributed by atoms with van der Waals surface area (Å²) < 4.78 is 68.4. The maximum atomic E-state index is 13.1. The zero-order chi connectivity index (χ0) is 77.4. The van der Waals surface area contributed by atoms with E-state index in [2.05, 4.69) is 204 Å². The second-order valence-corrected chi connectivity index (χ2v) is 28.0. The van der Waals surface area contributed by atoms with Crippen molar-refractivity contribution in [2.75, 3.05) is 39.6 Å². The van der Waals surface area contributed by atoms with Crippen LogP contribution in [-0.2, 0) is 65.4 Å². The normalized spacial score (nSPS) is 15.0. The summed E-state index contributed by atoms with van der Waals surface area (Å²) >= 11 is 0. The molecule has 0 bridgehead atoms. The molecule has 5 atom stereocenters. The quantitative estimate of drug-likeness (QED) is 0.0169. The minimum atomic E-state index is -5.02. The number of unbranched alkanes of at least 4 members (excludes halogenated alkanes) is 11. The van der Waals surface area contributed by atoms with E-state index in [9.17, 15) is 43.2 Å². The molecular formula is C87H136O17P2. The van der Waals surface area contributed by atoms with Crippen LogP contribution in [0.25, 0.3) is 0 Å². The number of carbonyl (C=O) groups is 4. The van der Waals surface area contributed by atoms with Gasteiger partial charge in [-0.1, -0.05) is 273 Å². The van der Waals surface area contributed by atoms with Crippen LogP contribution in [0.3, 0.4) is 0 Å². The molecule has 106 heavy (non-hydrogen) atoms. The number of phosphoric acid groups is 2. The number of esters is 4. The predicted molar refractivity (Wildman–Crippen MR) is 435 cm³/mol. The number of hydrogen-bond donors (Lipinski definition) is 3. The number of hydrogen-bond acceptors (Lipinski definition) is 15. The zero-order valence-corrected chi connectivity index (χ0v) is 66.8. The van der Waals surface area contributed by atoms with Crippen LogP contribution in [0.2, 0.25) is 0 Å². The average Bonchev–Trinajstić information content (AvgIpc) is 0.902. The summed E-state index contributed by atoms with van der Waals surface area (Å²) in [5.41, 5.74) is 0. The highest BCUT2D eigenvalue weighted by Crippen LogP contribution is 2.45. The molecule has 0 radical (unpaired) electrons. The molecule has 596 valence electrons. The Kier molecular flexibility index (Phi) is 72.2. The van der Waals surface area contributed by atoms with Crippen molar-refractivity contribution in [2.45, 2.75) is 277 Å². The van der Waals surface area contributed by atoms with Crippen LogP contribution >= 0.6 is 15.6 Å². The fourth-order valence-corrected chi connectivity index (χ4v) is 11.0. The number of rotatable bonds is 71. The summed E-state index contributed by atoms with van der Waals surface area (Å²) in [6, 6.07) is 0. The van der Waals surface area contributed by atoms with Crippen LogP contribution in [0.15, 0.2) is 207 Å². The fourth-order valence-electron chi connectivity index (χ4n) is 9.43. The first-order chi connectivity index (χ1) is 51.7. The van der Waals surface area contributed by atoms with Gasteiger partial charge in [0.1, 0.15) is 19.3 Å². The van der Waals surface area contributed by atoms with Crippen LogP contribution < -0.4 is 0 Å². The fraction of sp³-hybridized carbons (Fsp3) is 0.563. The molecule has 19 heteroatoms. The SMILES string of the molecule is CC/C=C\C/C=C\C/C=C\C/C=C\C/C=C\C/C=C\CCC(=O)OCC(COP(=O)(O)OCC(O)COP(=O)(O)OCC(COC(=O)CCCCCCC/C=C\C/C=C\C/C=C\CC)OC(=O)CCCCCCC/C=C\C/C=C\C/C=C\CC)OC(=O)CCC/C=C\C/C=C\C/C=C\C/C=C\C/C=C\CC. The molecular weight excluding hydrogens is 1380 g/mol. The van der Waals surface area contributed by atoms with Crippen molar-refractivity contribution in [3.05, 3.63) is 207 Å². The first kappa shape index (κ1) is 99.6. The highest BCUT2D eigenvalue weighted by Gasteiger charge is 2.30. The minimum Gasteiger partial charge on any atom is -0.462 e. The summed E-state index contributed by atoms with van der Waals surface area (Å²) in [6.45, 7) is 4.19. The Morgan fingerprint density at radius 1 is 0.264 bits per heavy atom. The van der Waals surface area contributed by atoms with E-state index in [-0.39, 0.29) is 25.7 Å². The van der Waals surface area contributed by atoms with Crippen molar-refractivity contribution in [1.29, 1.82) is 0 Å². The van der Waals surface area contributed by atoms with E-state index in [0.29, 0.717) is 38.5 Å². The van der Waals surface area contributed by atoms with E-state index in [1.807, 2.05) is 30.4 Å². The molecule has 0 aromatic carbocycles. The van der Waals surface area contributed by atoms with Gasteiger partial charge in [0, 0.05) is 25.7 Å². The van der Waals surface area contributed by atoms with Crippen LogP contribution in [0.4, 0.5) is 0 Å². The third-order valence-electron chi connectivity index (χ3n) is 15.2. The maximum absolute atomic E-state index is 13.1. The van der Waals surface area contributed by atoms with Gasteiger partial charge in [0.2, 0.25) is 0 Å². The molecule has 0 saturated carbocycles. The minimum absolute atomic E-state index is 0.00899. The monoisotopic (exact) mass is 1510 g/mol. The molecule has 0 spiro atoms. The lowest BCUT2D eigenvalue weighted by Gasteiger charge is -2.21. The standard InChI is InChI=1S/C87H136O17P2/c1-5-9-13-17-21-25-29-33-37-39-40-42-45-48-52-56-60-64-68-72-85(90)98-78-83(104-87(92)74-70-66-62-58-54-50-46-41-38-34-30-26-22-18-14-10-6-2)80-102-106(95,96)100-76-81(88)75-99-105(93,94)101-79-82(103-86(91)73-69-65-61-57-53-49-44-36-32-28-24-20-16-12-8-4)77-97-84(89)71-67-63-59-55-51-47-43-35-31-27-23-19-15-11-7-3/h9-16,21-28,33-38,40,42-44,46,48,50,52,58,60,62,64,81-83,88H,5-8,17-20,29-32,39,41,45,47,49,51,53-57,59,61,63,65-80H2,1-4H3,(H,93,94)(H,95,96)/b13-9-,14-10-,15-11-,16-12-,25-21-,26-22-,27-23-,28-24-,37-33-,38-34-,42-40-,43-35-,44-36-,50-46-,52-48-,62-58-,64-60-. The average molecular weight is 1520 g/mol. The second kappa shape index (κ2) is 76.8. The largest absolute Gasteiger partial charge is 0.472 e. The van der Waals surface area contributed by atoms with E-state index in [1.54, 1.807) is 0 Å². The Morgan fingerprint density at radius 2 is 0.491 bits per heavy atom. The summed E-state index contributed by atoms with van der Waals surface area (Å²) in [4.78, 5) is 73.0. The highest BCUT2D eigenvalue weighted by atomic mass is 31.2. The Morgan fingerprint density at radius 3 is 0.802 bits per heavy atom. The van der Waals surface area contributed by atoms with Crippen LogP contribution in [-0.4, -0.2) is 96.7 Å². The Hall–Kier alpha value is -6.36. The molecule has 0 aromatic heterocycles. The highest BCUT2D eigenvalue weighted by molar-refractivity contribution is 7.47. The summed E-state index contributed by atoms with van der Waals surface area (Å²) in [5.74, 6) is -2.41. The number of allylic oxidation sites excluding steroid dienone is 34. The van der Waals surface area contributed by atoms with Gasteiger partial charge in [0.25, 0.3) is 0 Å². The molecule has 0 aliphatic heterocycles. The van der Waals surface area contributed by atoms with Crippen LogP contribution in [0.5, 0.6) is 0 Å². The van der Waals surface area contributed by atoms with Crippen molar-refractivity contribution >= 4 is 39.5 Å². The topological polar surface area (TPSA) is 237 Å². The van der Waals surface area contributed by atoms with Gasteiger partial charge in [-0.2, -0.15) is 0 Å². The third kappa shape index (κ3) is 75.9. The number of carbonyl (C=O) groups excluding carboxylic acids is 4. The number of ether oxygens (including phenoxy) is 4. The number of aliphatic hydroxyl groups is 1. The van der Waals surface area contributed by atoms with E-state index in [0.717, 1.165) is 167 Å². The molecule has 0 saturated heterocycles. The third-order valence-corrected chi connectivity index (χ3v) is 17.1. The molecule has 5 unspecified atom stereocenters. The van der Waals surface area contributed by atoms with Crippen molar-refractivity contribution in [1.82, 2.24) is 0 Å². The van der Waals surface area contributed by atoms with E-state index < -0.39 is 97.5 Å². The summed E-state index contributed by atoms with van der Waals surface area (Å²) in [6.07, 6.45) is 95.5. The van der Waals surface area contributed by atoms with Gasteiger partial charge >= 0.3 is 39.5 Å². The van der Waals surface area contributed by atoms with Gasteiger partial charge in [-0.15, -0.1) is 0 Å². The van der Waals surface area contributed by atoms with Gasteiger partial charge in [0.15, 0.2) is 12.2 Å².